The molecular weight excluding hydrogens is 662 g/mol. The molecule has 0 heterocycles. The van der Waals surface area contributed by atoms with Gasteiger partial charge < -0.3 is 19.3 Å². The molecule has 0 radical (unpaired) electrons. The molecule has 0 aromatic rings. The van der Waals surface area contributed by atoms with Gasteiger partial charge in [-0.15, -0.1) is 0 Å². The van der Waals surface area contributed by atoms with Crippen LogP contribution in [0.3, 0.4) is 0 Å². The van der Waals surface area contributed by atoms with Crippen LogP contribution in [0.1, 0.15) is 157 Å². The van der Waals surface area contributed by atoms with Gasteiger partial charge in [0.1, 0.15) is 0 Å². The van der Waals surface area contributed by atoms with Crippen LogP contribution >= 0.6 is 0 Å². The molecule has 4 rings (SSSR count). The van der Waals surface area contributed by atoms with Crippen molar-refractivity contribution < 1.29 is 40.9 Å². The molecule has 220 valence electrons. The third-order valence-electron chi connectivity index (χ3n) is 11.3. The predicted molar refractivity (Wildman–Crippen MR) is 166 cm³/mol. The van der Waals surface area contributed by atoms with Crippen LogP contribution in [0.4, 0.5) is 0 Å². The van der Waals surface area contributed by atoms with Crippen molar-refractivity contribution in [2.45, 2.75) is 153 Å². The molecule has 0 aromatic heterocycles. The summed E-state index contributed by atoms with van der Waals surface area (Å²) in [5, 5.41) is 0. The normalized spacial score (nSPS) is 39.1. The SMILES string of the molecule is CC.CC(C)CCC[C@@H](C)C1CCC2[C@@H]3CC[C@]4(C)C[CH-]CC[C@]4(C)C3CC[C@@]21C.CCC.O.[CH3-].[HH].[HH].[HH].[U+2]. The fraction of sp³-hybridized carbons (Fsp3) is 0.941. The topological polar surface area (TPSA) is 31.5 Å². The molecule has 36 heavy (non-hydrogen) atoms. The van der Waals surface area contributed by atoms with E-state index < -0.39 is 0 Å². The predicted octanol–water partition coefficient (Wildman–Crippen LogP) is 11.5. The molecule has 1 nitrogen and oxygen atoms in total. The van der Waals surface area contributed by atoms with Crippen LogP contribution in [0.15, 0.2) is 0 Å². The number of hydrogen-bond acceptors (Lipinski definition) is 0. The first-order valence-corrected chi connectivity index (χ1v) is 15.4. The van der Waals surface area contributed by atoms with Crippen molar-refractivity contribution in [1.29, 1.82) is 0 Å². The van der Waals surface area contributed by atoms with Gasteiger partial charge in [0.25, 0.3) is 0 Å². The van der Waals surface area contributed by atoms with Crippen LogP contribution < -0.4 is 0 Å². The Labute approximate surface area is 258 Å². The largest absolute Gasteiger partial charge is 2.00 e. The van der Waals surface area contributed by atoms with E-state index in [9.17, 15) is 0 Å². The van der Waals surface area contributed by atoms with Crippen molar-refractivity contribution in [2.24, 2.45) is 51.8 Å². The Morgan fingerprint density at radius 2 is 1.47 bits per heavy atom. The summed E-state index contributed by atoms with van der Waals surface area (Å²) in [6.07, 6.45) is 21.7. The third-order valence-corrected chi connectivity index (χ3v) is 11.3. The van der Waals surface area contributed by atoms with Crippen molar-refractivity contribution in [3.05, 3.63) is 13.8 Å². The molecule has 4 saturated carbocycles. The second-order valence-corrected chi connectivity index (χ2v) is 13.7. The van der Waals surface area contributed by atoms with Gasteiger partial charge in [-0.1, -0.05) is 107 Å². The van der Waals surface area contributed by atoms with E-state index in [-0.39, 0.29) is 48.3 Å². The maximum Gasteiger partial charge on any atom is 2.00 e. The van der Waals surface area contributed by atoms with Crippen molar-refractivity contribution in [3.8, 4) is 0 Å². The Bertz CT molecular complexity index is 591. The summed E-state index contributed by atoms with van der Waals surface area (Å²) in [6.45, 7) is 23.8. The van der Waals surface area contributed by atoms with Crippen molar-refractivity contribution in [1.82, 2.24) is 0 Å². The standard InChI is InChI=1S/C28H49.C3H8.C2H6.CH3.H2O.U.3H2/c1-20(2)10-9-11-21(3)23-12-13-24-22-14-18-26(4)16-7-8-17-28(26,6)25(22)15-19-27(23,24)5;1-3-2;1-2;;;;;;/h7,20-25H,8-19H2,1-6H3;3H2,1-2H3;1-2H3;1H3;1H2;;3*1H/q-1;;;-1;;+2;;;/t21-,22+,23?,24?,25?,26+,27-,28-;;;;;;;;/m1......../s1. The number of rotatable bonds is 5. The minimum atomic E-state index is 0. The summed E-state index contributed by atoms with van der Waals surface area (Å²) in [4.78, 5) is 0. The van der Waals surface area contributed by atoms with E-state index in [1.807, 2.05) is 13.8 Å². The summed E-state index contributed by atoms with van der Waals surface area (Å²) >= 11 is 0. The zero-order chi connectivity index (χ0) is 24.9. The Kier molecular flexibility index (Phi) is 18.5. The Morgan fingerprint density at radius 3 is 2.06 bits per heavy atom. The van der Waals surface area contributed by atoms with Crippen LogP contribution in [0, 0.1) is 96.7 Å². The van der Waals surface area contributed by atoms with Crippen LogP contribution in [0.25, 0.3) is 0 Å². The number of hydrogen-bond donors (Lipinski definition) is 0. The van der Waals surface area contributed by atoms with Gasteiger partial charge in [0.15, 0.2) is 0 Å². The van der Waals surface area contributed by atoms with E-state index in [1.54, 1.807) is 19.3 Å². The monoisotopic (exact) mass is 737 g/mol. The van der Waals surface area contributed by atoms with E-state index in [2.05, 4.69) is 61.8 Å². The zero-order valence-corrected chi connectivity index (χ0v) is 30.9. The Hall–Kier alpha value is 1.01. The van der Waals surface area contributed by atoms with Crippen LogP contribution in [-0.2, 0) is 0 Å². The second-order valence-electron chi connectivity index (χ2n) is 13.7. The molecule has 0 aliphatic heterocycles. The molecule has 0 aromatic carbocycles. The maximum atomic E-state index is 2.75. The molecule has 4 aliphatic carbocycles. The van der Waals surface area contributed by atoms with Crippen LogP contribution in [-0.4, -0.2) is 5.48 Å². The molecular formula is C34H74OU. The second kappa shape index (κ2) is 17.0. The van der Waals surface area contributed by atoms with Gasteiger partial charge in [0.05, 0.1) is 0 Å². The first-order chi connectivity index (χ1) is 15.6. The van der Waals surface area contributed by atoms with Gasteiger partial charge in [-0.3, -0.25) is 0 Å². The summed E-state index contributed by atoms with van der Waals surface area (Å²) in [5.41, 5.74) is 1.87. The minimum absolute atomic E-state index is 0. The quantitative estimate of drug-likeness (QED) is 0.252. The minimum Gasteiger partial charge on any atom is -0.412 e. The van der Waals surface area contributed by atoms with Gasteiger partial charge in [-0.2, -0.15) is 12.8 Å². The maximum absolute atomic E-state index is 2.75. The smallest absolute Gasteiger partial charge is 0.412 e. The van der Waals surface area contributed by atoms with E-state index in [4.69, 9.17) is 0 Å². The Morgan fingerprint density at radius 1 is 0.861 bits per heavy atom. The molecule has 4 aliphatic rings. The van der Waals surface area contributed by atoms with Gasteiger partial charge in [-0.05, 0) is 84.9 Å². The molecule has 3 unspecified atom stereocenters. The van der Waals surface area contributed by atoms with Crippen molar-refractivity contribution in [3.63, 3.8) is 0 Å². The third kappa shape index (κ3) is 7.81. The fourth-order valence-corrected chi connectivity index (χ4v) is 9.37. The van der Waals surface area contributed by atoms with Gasteiger partial charge in [0.2, 0.25) is 0 Å². The van der Waals surface area contributed by atoms with Crippen LogP contribution in [0.5, 0.6) is 0 Å². The fourth-order valence-electron chi connectivity index (χ4n) is 9.37. The average molecular weight is 737 g/mol. The summed E-state index contributed by atoms with van der Waals surface area (Å²) in [5.74, 6) is 5.93. The summed E-state index contributed by atoms with van der Waals surface area (Å²) in [6, 6.07) is 0. The van der Waals surface area contributed by atoms with Gasteiger partial charge in [-0.25, -0.2) is 0 Å². The van der Waals surface area contributed by atoms with Gasteiger partial charge >= 0.3 is 31.1 Å². The van der Waals surface area contributed by atoms with Crippen LogP contribution in [0.2, 0.25) is 0 Å². The van der Waals surface area contributed by atoms with E-state index >= 15 is 0 Å². The summed E-state index contributed by atoms with van der Waals surface area (Å²) in [7, 11) is 0. The molecule has 2 N–H and O–H groups in total. The Balaban J connectivity index is -0.000000329. The first-order valence-electron chi connectivity index (χ1n) is 15.4. The molecule has 0 bridgehead atoms. The molecule has 0 saturated heterocycles. The summed E-state index contributed by atoms with van der Waals surface area (Å²) < 4.78 is 0. The van der Waals surface area contributed by atoms with E-state index in [0.29, 0.717) is 16.2 Å². The molecule has 0 spiro atoms. The first kappa shape index (κ1) is 39.2. The van der Waals surface area contributed by atoms with E-state index in [1.165, 1.54) is 64.2 Å². The average Bonchev–Trinajstić information content (AvgIpc) is 3.13. The molecule has 4 fully saturated rings. The number of fused-ring (bicyclic) bond motifs is 5. The molecule has 0 amide bonds. The van der Waals surface area contributed by atoms with Crippen molar-refractivity contribution >= 4 is 0 Å². The molecule has 8 atom stereocenters. The van der Waals surface area contributed by atoms with Crippen molar-refractivity contribution in [2.75, 3.05) is 0 Å². The van der Waals surface area contributed by atoms with Gasteiger partial charge in [0, 0.05) is 4.28 Å². The van der Waals surface area contributed by atoms with E-state index in [0.717, 1.165) is 35.5 Å². The zero-order valence-electron chi connectivity index (χ0n) is 26.7. The molecule has 2 heteroatoms.